The van der Waals surface area contributed by atoms with E-state index in [-0.39, 0.29) is 12.5 Å². The molecule has 0 aromatic heterocycles. The Bertz CT molecular complexity index is 628. The van der Waals surface area contributed by atoms with Crippen molar-refractivity contribution in [3.05, 3.63) is 58.1 Å². The van der Waals surface area contributed by atoms with Crippen molar-refractivity contribution in [2.24, 2.45) is 0 Å². The summed E-state index contributed by atoms with van der Waals surface area (Å²) in [5.41, 5.74) is 1.13. The third kappa shape index (κ3) is 3.99. The normalized spacial score (nSPS) is 10.5. The molecule has 112 valence electrons. The van der Waals surface area contributed by atoms with E-state index in [4.69, 9.17) is 32.7 Å². The minimum Gasteiger partial charge on any atom is -0.493 e. The van der Waals surface area contributed by atoms with Crippen molar-refractivity contribution in [2.45, 2.75) is 12.5 Å². The van der Waals surface area contributed by atoms with Gasteiger partial charge in [0.2, 0.25) is 0 Å². The SMILES string of the molecule is COc1cc(CCl)cc(Cl)c1OCc1cc(F)cc(F)c1. The molecule has 21 heavy (non-hydrogen) atoms. The number of benzene rings is 2. The lowest BCUT2D eigenvalue weighted by atomic mass is 10.2. The van der Waals surface area contributed by atoms with Gasteiger partial charge in [-0.25, -0.2) is 8.78 Å². The van der Waals surface area contributed by atoms with E-state index in [9.17, 15) is 8.78 Å². The minimum atomic E-state index is -0.663. The number of hydrogen-bond acceptors (Lipinski definition) is 2. The van der Waals surface area contributed by atoms with Crippen LogP contribution in [-0.4, -0.2) is 7.11 Å². The van der Waals surface area contributed by atoms with E-state index in [1.807, 2.05) is 0 Å². The fourth-order valence-corrected chi connectivity index (χ4v) is 2.28. The molecule has 0 spiro atoms. The van der Waals surface area contributed by atoms with Crippen molar-refractivity contribution in [3.63, 3.8) is 0 Å². The fourth-order valence-electron chi connectivity index (χ4n) is 1.84. The average molecular weight is 333 g/mol. The van der Waals surface area contributed by atoms with Gasteiger partial charge < -0.3 is 9.47 Å². The number of alkyl halides is 1. The second-order valence-corrected chi connectivity index (χ2v) is 4.98. The quantitative estimate of drug-likeness (QED) is 0.721. The molecule has 2 nitrogen and oxygen atoms in total. The van der Waals surface area contributed by atoms with E-state index >= 15 is 0 Å². The standard InChI is InChI=1S/C15H12Cl2F2O2/c1-20-14-5-9(7-16)4-13(17)15(14)21-8-10-2-11(18)6-12(19)3-10/h2-6H,7-8H2,1H3. The van der Waals surface area contributed by atoms with Gasteiger partial charge in [0, 0.05) is 11.9 Å². The molecule has 0 heterocycles. The molecule has 2 aromatic rings. The van der Waals surface area contributed by atoms with Gasteiger partial charge in [0.25, 0.3) is 0 Å². The maximum absolute atomic E-state index is 13.1. The first-order valence-corrected chi connectivity index (χ1v) is 6.95. The molecule has 0 saturated heterocycles. The van der Waals surface area contributed by atoms with Gasteiger partial charge in [0.05, 0.1) is 12.1 Å². The van der Waals surface area contributed by atoms with Gasteiger partial charge in [0.1, 0.15) is 18.2 Å². The molecule has 0 amide bonds. The van der Waals surface area contributed by atoms with Gasteiger partial charge in [-0.1, -0.05) is 11.6 Å². The molecule has 0 fully saturated rings. The largest absolute Gasteiger partial charge is 0.493 e. The van der Waals surface area contributed by atoms with Gasteiger partial charge in [0.15, 0.2) is 11.5 Å². The summed E-state index contributed by atoms with van der Waals surface area (Å²) in [6, 6.07) is 6.53. The van der Waals surface area contributed by atoms with Gasteiger partial charge in [-0.2, -0.15) is 0 Å². The summed E-state index contributed by atoms with van der Waals surface area (Å²) in [5.74, 6) is -0.327. The lowest BCUT2D eigenvalue weighted by molar-refractivity contribution is 0.283. The second-order valence-electron chi connectivity index (χ2n) is 4.31. The van der Waals surface area contributed by atoms with Crippen LogP contribution in [0.1, 0.15) is 11.1 Å². The van der Waals surface area contributed by atoms with Crippen molar-refractivity contribution in [3.8, 4) is 11.5 Å². The molecule has 2 rings (SSSR count). The Morgan fingerprint density at radius 2 is 1.67 bits per heavy atom. The summed E-state index contributed by atoms with van der Waals surface area (Å²) in [6.45, 7) is -0.0367. The van der Waals surface area contributed by atoms with Crippen LogP contribution in [0.2, 0.25) is 5.02 Å². The lowest BCUT2D eigenvalue weighted by Gasteiger charge is -2.13. The number of rotatable bonds is 5. The highest BCUT2D eigenvalue weighted by molar-refractivity contribution is 6.32. The number of methoxy groups -OCH3 is 1. The summed E-state index contributed by atoms with van der Waals surface area (Å²) < 4.78 is 36.9. The van der Waals surface area contributed by atoms with Crippen LogP contribution in [0.5, 0.6) is 11.5 Å². The van der Waals surface area contributed by atoms with Crippen LogP contribution in [0, 0.1) is 11.6 Å². The molecule has 0 unspecified atom stereocenters. The highest BCUT2D eigenvalue weighted by Gasteiger charge is 2.12. The molecular weight excluding hydrogens is 321 g/mol. The van der Waals surface area contributed by atoms with Crippen LogP contribution in [0.4, 0.5) is 8.78 Å². The first-order valence-electron chi connectivity index (χ1n) is 6.03. The molecule has 2 aromatic carbocycles. The van der Waals surface area contributed by atoms with Gasteiger partial charge in [-0.3, -0.25) is 0 Å². The third-order valence-corrected chi connectivity index (χ3v) is 3.34. The Hall–Kier alpha value is -1.52. The molecule has 0 aliphatic rings. The van der Waals surface area contributed by atoms with E-state index in [1.54, 1.807) is 12.1 Å². The summed E-state index contributed by atoms with van der Waals surface area (Å²) in [7, 11) is 1.47. The van der Waals surface area contributed by atoms with Crippen LogP contribution >= 0.6 is 23.2 Å². The maximum atomic E-state index is 13.1. The zero-order chi connectivity index (χ0) is 15.4. The van der Waals surface area contributed by atoms with Crippen LogP contribution in [0.25, 0.3) is 0 Å². The predicted molar refractivity (Wildman–Crippen MR) is 78.3 cm³/mol. The van der Waals surface area contributed by atoms with Gasteiger partial charge in [-0.15, -0.1) is 11.6 Å². The highest BCUT2D eigenvalue weighted by Crippen LogP contribution is 2.37. The van der Waals surface area contributed by atoms with Crippen LogP contribution in [-0.2, 0) is 12.5 Å². The fraction of sp³-hybridized carbons (Fsp3) is 0.200. The molecular formula is C15H12Cl2F2O2. The molecule has 0 saturated carbocycles. The molecule has 0 aliphatic carbocycles. The first kappa shape index (κ1) is 15.9. The average Bonchev–Trinajstić information content (AvgIpc) is 2.44. The Labute approximate surface area is 131 Å². The third-order valence-electron chi connectivity index (χ3n) is 2.75. The van der Waals surface area contributed by atoms with E-state index in [1.165, 1.54) is 19.2 Å². The van der Waals surface area contributed by atoms with Crippen molar-refractivity contribution in [1.82, 2.24) is 0 Å². The smallest absolute Gasteiger partial charge is 0.180 e. The van der Waals surface area contributed by atoms with Crippen molar-refractivity contribution in [1.29, 1.82) is 0 Å². The van der Waals surface area contributed by atoms with E-state index < -0.39 is 11.6 Å². The molecule has 0 N–H and O–H groups in total. The Morgan fingerprint density at radius 1 is 1.00 bits per heavy atom. The van der Waals surface area contributed by atoms with Crippen molar-refractivity contribution < 1.29 is 18.3 Å². The van der Waals surface area contributed by atoms with Crippen LogP contribution in [0.15, 0.2) is 30.3 Å². The monoisotopic (exact) mass is 332 g/mol. The number of ether oxygens (including phenoxy) is 2. The van der Waals surface area contributed by atoms with E-state index in [0.29, 0.717) is 22.1 Å². The number of hydrogen-bond donors (Lipinski definition) is 0. The lowest BCUT2D eigenvalue weighted by Crippen LogP contribution is -2.00. The maximum Gasteiger partial charge on any atom is 0.180 e. The predicted octanol–water partition coefficient (Wildman–Crippen LogP) is 4.94. The van der Waals surface area contributed by atoms with Crippen LogP contribution < -0.4 is 9.47 Å². The first-order chi connectivity index (χ1) is 10.0. The number of halogens is 4. The minimum absolute atomic E-state index is 0.0367. The van der Waals surface area contributed by atoms with Gasteiger partial charge in [-0.05, 0) is 35.4 Å². The van der Waals surface area contributed by atoms with E-state index in [2.05, 4.69) is 0 Å². The molecule has 0 atom stereocenters. The molecule has 6 heteroatoms. The summed E-state index contributed by atoms with van der Waals surface area (Å²) in [5, 5.41) is 0.321. The molecule has 0 aliphatic heterocycles. The zero-order valence-corrected chi connectivity index (χ0v) is 12.6. The Balaban J connectivity index is 2.23. The van der Waals surface area contributed by atoms with E-state index in [0.717, 1.165) is 11.6 Å². The molecule has 0 bridgehead atoms. The van der Waals surface area contributed by atoms with Crippen molar-refractivity contribution >= 4 is 23.2 Å². The topological polar surface area (TPSA) is 18.5 Å². The van der Waals surface area contributed by atoms with Crippen LogP contribution in [0.3, 0.4) is 0 Å². The summed E-state index contributed by atoms with van der Waals surface area (Å²) in [4.78, 5) is 0. The van der Waals surface area contributed by atoms with Gasteiger partial charge >= 0.3 is 0 Å². The molecule has 0 radical (unpaired) electrons. The Morgan fingerprint density at radius 3 is 2.24 bits per heavy atom. The Kier molecular flexibility index (Phi) is 5.26. The van der Waals surface area contributed by atoms with Crippen molar-refractivity contribution in [2.75, 3.05) is 7.11 Å². The highest BCUT2D eigenvalue weighted by atomic mass is 35.5. The summed E-state index contributed by atoms with van der Waals surface area (Å²) in [6.07, 6.45) is 0. The summed E-state index contributed by atoms with van der Waals surface area (Å²) >= 11 is 11.9. The second kappa shape index (κ2) is 6.96. The zero-order valence-electron chi connectivity index (χ0n) is 11.1.